The third-order valence-corrected chi connectivity index (χ3v) is 4.66. The van der Waals surface area contributed by atoms with E-state index in [1.165, 1.54) is 10.5 Å². The molecule has 0 bridgehead atoms. The van der Waals surface area contributed by atoms with Gasteiger partial charge in [-0.25, -0.2) is 4.98 Å². The van der Waals surface area contributed by atoms with E-state index in [2.05, 4.69) is 47.5 Å². The smallest absolute Gasteiger partial charge is 0.209 e. The van der Waals surface area contributed by atoms with E-state index >= 15 is 0 Å². The molecule has 1 aromatic heterocycles. The third kappa shape index (κ3) is 4.41. The van der Waals surface area contributed by atoms with Crippen molar-refractivity contribution in [2.75, 3.05) is 13.3 Å². The Hall–Kier alpha value is -1.75. The second-order valence-electron chi connectivity index (χ2n) is 5.65. The van der Waals surface area contributed by atoms with Crippen LogP contribution in [0.3, 0.4) is 0 Å². The highest BCUT2D eigenvalue weighted by atomic mass is 35.5. The van der Waals surface area contributed by atoms with E-state index in [1.54, 1.807) is 18.0 Å². The molecule has 0 spiro atoms. The van der Waals surface area contributed by atoms with Crippen LogP contribution in [-0.4, -0.2) is 23.2 Å². The van der Waals surface area contributed by atoms with Crippen LogP contribution >= 0.6 is 23.4 Å². The third-order valence-electron chi connectivity index (χ3n) is 3.68. The lowest BCUT2D eigenvalue weighted by Crippen LogP contribution is -2.17. The van der Waals surface area contributed by atoms with E-state index < -0.39 is 0 Å². The van der Waals surface area contributed by atoms with Crippen LogP contribution in [0.5, 0.6) is 0 Å². The van der Waals surface area contributed by atoms with Crippen molar-refractivity contribution < 1.29 is 4.42 Å². The number of hydrogen-bond donors (Lipinski definition) is 0. The Balaban J connectivity index is 1.63. The first-order valence-electron chi connectivity index (χ1n) is 7.66. The van der Waals surface area contributed by atoms with Crippen molar-refractivity contribution in [1.29, 1.82) is 0 Å². The molecule has 0 radical (unpaired) electrons. The molecule has 0 amide bonds. The minimum Gasteiger partial charge on any atom is -0.439 e. The highest BCUT2D eigenvalue weighted by Crippen LogP contribution is 2.24. The molecular weight excluding hydrogens is 340 g/mol. The highest BCUT2D eigenvalue weighted by Gasteiger charge is 2.09. The molecule has 3 rings (SSSR count). The van der Waals surface area contributed by atoms with E-state index in [-0.39, 0.29) is 0 Å². The summed E-state index contributed by atoms with van der Waals surface area (Å²) in [4.78, 5) is 7.84. The zero-order valence-corrected chi connectivity index (χ0v) is 15.3. The van der Waals surface area contributed by atoms with E-state index in [0.717, 1.165) is 17.9 Å². The summed E-state index contributed by atoms with van der Waals surface area (Å²) >= 11 is 7.78. The van der Waals surface area contributed by atoms with Gasteiger partial charge in [-0.15, -0.1) is 11.8 Å². The van der Waals surface area contributed by atoms with Crippen molar-refractivity contribution in [3.05, 3.63) is 71.2 Å². The molecule has 3 aromatic rings. The zero-order chi connectivity index (χ0) is 16.9. The molecule has 2 aromatic carbocycles. The first-order chi connectivity index (χ1) is 11.6. The van der Waals surface area contributed by atoms with Crippen molar-refractivity contribution in [3.8, 4) is 11.3 Å². The van der Waals surface area contributed by atoms with Crippen LogP contribution in [0.25, 0.3) is 11.3 Å². The number of aromatic nitrogens is 1. The lowest BCUT2D eigenvalue weighted by Gasteiger charge is -2.14. The fourth-order valence-corrected chi connectivity index (χ4v) is 3.09. The van der Waals surface area contributed by atoms with Gasteiger partial charge in [0.05, 0.1) is 12.7 Å². The molecule has 0 atom stereocenters. The molecule has 124 valence electrons. The van der Waals surface area contributed by atoms with Crippen LogP contribution < -0.4 is 0 Å². The summed E-state index contributed by atoms with van der Waals surface area (Å²) < 4.78 is 5.85. The van der Waals surface area contributed by atoms with E-state index in [9.17, 15) is 0 Å². The standard InChI is InChI=1S/C19H19ClN2OS/c1-22(12-14-6-8-17(24-2)9-7-14)13-19-21-11-18(23-19)15-4-3-5-16(20)10-15/h3-11H,12-13H2,1-2H3. The van der Waals surface area contributed by atoms with Gasteiger partial charge in [0.25, 0.3) is 0 Å². The molecule has 0 saturated heterocycles. The second-order valence-corrected chi connectivity index (χ2v) is 6.97. The summed E-state index contributed by atoms with van der Waals surface area (Å²) in [6, 6.07) is 16.2. The number of nitrogens with zero attached hydrogens (tertiary/aromatic N) is 2. The van der Waals surface area contributed by atoms with Gasteiger partial charge >= 0.3 is 0 Å². The van der Waals surface area contributed by atoms with Crippen molar-refractivity contribution in [2.45, 2.75) is 18.0 Å². The van der Waals surface area contributed by atoms with Crippen molar-refractivity contribution in [2.24, 2.45) is 0 Å². The predicted octanol–water partition coefficient (Wildman–Crippen LogP) is 5.35. The molecule has 0 unspecified atom stereocenters. The summed E-state index contributed by atoms with van der Waals surface area (Å²) in [6.45, 7) is 1.51. The number of thioether (sulfide) groups is 1. The Labute approximate surface area is 151 Å². The Morgan fingerprint density at radius 2 is 1.92 bits per heavy atom. The molecule has 5 heteroatoms. The van der Waals surface area contributed by atoms with Crippen molar-refractivity contribution in [3.63, 3.8) is 0 Å². The average molecular weight is 359 g/mol. The minimum atomic E-state index is 0.658. The predicted molar refractivity (Wildman–Crippen MR) is 100 cm³/mol. The Morgan fingerprint density at radius 3 is 2.62 bits per heavy atom. The summed E-state index contributed by atoms with van der Waals surface area (Å²) in [5, 5.41) is 0.691. The maximum atomic E-state index is 6.03. The van der Waals surface area contributed by atoms with Gasteiger partial charge in [-0.05, 0) is 43.1 Å². The maximum Gasteiger partial charge on any atom is 0.209 e. The van der Waals surface area contributed by atoms with Crippen LogP contribution in [0.1, 0.15) is 11.5 Å². The van der Waals surface area contributed by atoms with E-state index in [1.807, 2.05) is 24.3 Å². The van der Waals surface area contributed by atoms with Crippen LogP contribution in [0.4, 0.5) is 0 Å². The van der Waals surface area contributed by atoms with Gasteiger partial charge in [-0.3, -0.25) is 4.90 Å². The molecule has 0 aliphatic rings. The fraction of sp³-hybridized carbons (Fsp3) is 0.211. The van der Waals surface area contributed by atoms with Crippen LogP contribution in [-0.2, 0) is 13.1 Å². The Kier molecular flexibility index (Phi) is 5.61. The van der Waals surface area contributed by atoms with E-state index in [4.69, 9.17) is 16.0 Å². The van der Waals surface area contributed by atoms with Crippen LogP contribution in [0.2, 0.25) is 5.02 Å². The molecule has 0 aliphatic heterocycles. The van der Waals surface area contributed by atoms with Gasteiger partial charge in [-0.1, -0.05) is 35.9 Å². The molecule has 0 saturated carbocycles. The lowest BCUT2D eigenvalue weighted by atomic mass is 10.2. The molecule has 0 aliphatic carbocycles. The molecule has 0 N–H and O–H groups in total. The zero-order valence-electron chi connectivity index (χ0n) is 13.7. The van der Waals surface area contributed by atoms with Gasteiger partial charge in [0.2, 0.25) is 5.89 Å². The summed E-state index contributed by atoms with van der Waals surface area (Å²) in [7, 11) is 2.06. The minimum absolute atomic E-state index is 0.658. The normalized spacial score (nSPS) is 11.2. The first kappa shape index (κ1) is 17.1. The van der Waals surface area contributed by atoms with Gasteiger partial charge in [0, 0.05) is 22.0 Å². The van der Waals surface area contributed by atoms with Gasteiger partial charge in [0.15, 0.2) is 5.76 Å². The number of halogens is 1. The number of oxazole rings is 1. The van der Waals surface area contributed by atoms with E-state index in [0.29, 0.717) is 17.5 Å². The summed E-state index contributed by atoms with van der Waals surface area (Å²) in [5.74, 6) is 1.44. The topological polar surface area (TPSA) is 29.3 Å². The highest BCUT2D eigenvalue weighted by molar-refractivity contribution is 7.98. The Morgan fingerprint density at radius 1 is 1.12 bits per heavy atom. The fourth-order valence-electron chi connectivity index (χ4n) is 2.49. The summed E-state index contributed by atoms with van der Waals surface area (Å²) in [5.41, 5.74) is 2.22. The first-order valence-corrected chi connectivity index (χ1v) is 9.26. The number of hydrogen-bond acceptors (Lipinski definition) is 4. The van der Waals surface area contributed by atoms with Gasteiger partial charge < -0.3 is 4.42 Å². The molecular formula is C19H19ClN2OS. The molecule has 24 heavy (non-hydrogen) atoms. The average Bonchev–Trinajstić information content (AvgIpc) is 3.04. The van der Waals surface area contributed by atoms with Crippen LogP contribution in [0, 0.1) is 0 Å². The molecule has 3 nitrogen and oxygen atoms in total. The summed E-state index contributed by atoms with van der Waals surface area (Å²) in [6.07, 6.45) is 3.84. The molecule has 0 fully saturated rings. The van der Waals surface area contributed by atoms with Crippen molar-refractivity contribution in [1.82, 2.24) is 9.88 Å². The second kappa shape index (κ2) is 7.88. The SMILES string of the molecule is CSc1ccc(CN(C)Cc2ncc(-c3cccc(Cl)c3)o2)cc1. The van der Waals surface area contributed by atoms with Crippen molar-refractivity contribution >= 4 is 23.4 Å². The number of rotatable bonds is 6. The van der Waals surface area contributed by atoms with Gasteiger partial charge in [-0.2, -0.15) is 0 Å². The monoisotopic (exact) mass is 358 g/mol. The quantitative estimate of drug-likeness (QED) is 0.555. The van der Waals surface area contributed by atoms with Crippen LogP contribution in [0.15, 0.2) is 64.0 Å². The lowest BCUT2D eigenvalue weighted by molar-refractivity contribution is 0.283. The molecule has 1 heterocycles. The number of benzene rings is 2. The largest absolute Gasteiger partial charge is 0.439 e. The maximum absolute atomic E-state index is 6.03. The Bertz CT molecular complexity index is 801. The van der Waals surface area contributed by atoms with Gasteiger partial charge in [0.1, 0.15) is 0 Å².